The molecule has 3 rings (SSSR count). The molecule has 0 aromatic carbocycles. The monoisotopic (exact) mass is 739 g/mol. The first-order valence-electron chi connectivity index (χ1n) is 18.4. The molecule has 0 bridgehead atoms. The summed E-state index contributed by atoms with van der Waals surface area (Å²) in [6.07, 6.45) is 1.32. The largest absolute Gasteiger partial charge is 0.476 e. The average Bonchev–Trinajstić information content (AvgIpc) is 3.87. The van der Waals surface area contributed by atoms with Crippen molar-refractivity contribution in [3.8, 4) is 5.88 Å². The molecule has 16 nitrogen and oxygen atoms in total. The Hall–Kier alpha value is -3.28. The zero-order chi connectivity index (χ0) is 38.0. The Kier molecular flexibility index (Phi) is 18.3. The average molecular weight is 740 g/mol. The van der Waals surface area contributed by atoms with Gasteiger partial charge in [-0.25, -0.2) is 9.78 Å². The molecule has 2 fully saturated rings. The third kappa shape index (κ3) is 14.6. The number of rotatable bonds is 26. The molecule has 4 N–H and O–H groups in total. The van der Waals surface area contributed by atoms with Gasteiger partial charge in [0.05, 0.1) is 65.6 Å². The van der Waals surface area contributed by atoms with Gasteiger partial charge in [0.2, 0.25) is 11.8 Å². The standard InChI is InChI=1S/C36H61N5O11/c1-7-36(8-2,33(44)37-11-13-47-15-17-49-19-20-50-18-16-48-14-12-38-34(45)52-35(3,4)5)40-31(43)29-9-10-30(41-22-28(23-41)46-6)32(39-29)51-25-27-21-26(27)24-42/h9-10,26-28,42H,7-8,11-25H2,1-6H3,(H,37,44)(H,38,45)(H,40,43)/t26-,27-/m1/s1. The maximum Gasteiger partial charge on any atom is 0.407 e. The van der Waals surface area contributed by atoms with Crippen LogP contribution in [0, 0.1) is 11.8 Å². The number of aliphatic hydroxyl groups excluding tert-OH is 1. The highest BCUT2D eigenvalue weighted by atomic mass is 16.6. The zero-order valence-electron chi connectivity index (χ0n) is 31.8. The molecule has 0 unspecified atom stereocenters. The van der Waals surface area contributed by atoms with Crippen LogP contribution in [0.1, 0.15) is 64.4 Å². The second-order valence-electron chi connectivity index (χ2n) is 13.9. The number of pyridine rings is 1. The van der Waals surface area contributed by atoms with Crippen LogP contribution in [-0.2, 0) is 33.2 Å². The van der Waals surface area contributed by atoms with E-state index in [-0.39, 0.29) is 49.3 Å². The number of alkyl carbamates (subject to hydrolysis) is 1. The van der Waals surface area contributed by atoms with E-state index in [1.165, 1.54) is 0 Å². The quantitative estimate of drug-likeness (QED) is 0.101. The molecule has 1 aliphatic carbocycles. The SMILES string of the molecule is CCC(CC)(NC(=O)c1ccc(N2CC(OC)C2)c(OC[C@H]2C[C@@H]2CO)n1)C(=O)NCCOCCOCCOCCOCCNC(=O)OC(C)(C)C. The Morgan fingerprint density at radius 2 is 1.44 bits per heavy atom. The fourth-order valence-corrected chi connectivity index (χ4v) is 5.41. The number of nitrogens with zero attached hydrogens (tertiary/aromatic N) is 2. The highest BCUT2D eigenvalue weighted by Gasteiger charge is 2.39. The van der Waals surface area contributed by atoms with Gasteiger partial charge < -0.3 is 59.1 Å². The minimum absolute atomic E-state index is 0.127. The van der Waals surface area contributed by atoms with Crippen molar-refractivity contribution in [2.24, 2.45) is 11.8 Å². The molecule has 2 atom stereocenters. The van der Waals surface area contributed by atoms with Gasteiger partial charge in [0.15, 0.2) is 0 Å². The Morgan fingerprint density at radius 3 is 1.96 bits per heavy atom. The number of hydrogen-bond donors (Lipinski definition) is 4. The number of hydrogen-bond acceptors (Lipinski definition) is 13. The van der Waals surface area contributed by atoms with Crippen molar-refractivity contribution in [2.45, 2.75) is 71.1 Å². The molecule has 0 spiro atoms. The molecule has 16 heteroatoms. The van der Waals surface area contributed by atoms with Gasteiger partial charge in [0.1, 0.15) is 22.5 Å². The van der Waals surface area contributed by atoms with Gasteiger partial charge in [-0.3, -0.25) is 9.59 Å². The van der Waals surface area contributed by atoms with Crippen LogP contribution in [0.4, 0.5) is 10.5 Å². The fourth-order valence-electron chi connectivity index (χ4n) is 5.41. The number of carbonyl (C=O) groups is 3. The topological polar surface area (TPSA) is 188 Å². The molecule has 296 valence electrons. The van der Waals surface area contributed by atoms with E-state index in [1.807, 2.05) is 19.9 Å². The third-order valence-corrected chi connectivity index (χ3v) is 8.89. The molecule has 1 aromatic rings. The molecule has 1 saturated carbocycles. The van der Waals surface area contributed by atoms with Crippen molar-refractivity contribution >= 4 is 23.6 Å². The van der Waals surface area contributed by atoms with Crippen LogP contribution >= 0.6 is 0 Å². The maximum atomic E-state index is 13.5. The number of anilines is 1. The molecular formula is C36H61N5O11. The molecule has 52 heavy (non-hydrogen) atoms. The van der Waals surface area contributed by atoms with Gasteiger partial charge in [-0.2, -0.15) is 0 Å². The number of ether oxygens (including phenoxy) is 7. The lowest BCUT2D eigenvalue weighted by molar-refractivity contribution is -0.128. The van der Waals surface area contributed by atoms with Crippen molar-refractivity contribution in [3.63, 3.8) is 0 Å². The van der Waals surface area contributed by atoms with Crippen LogP contribution in [0.25, 0.3) is 0 Å². The van der Waals surface area contributed by atoms with E-state index < -0.39 is 23.1 Å². The van der Waals surface area contributed by atoms with E-state index in [1.54, 1.807) is 33.9 Å². The molecule has 3 amide bonds. The highest BCUT2D eigenvalue weighted by molar-refractivity contribution is 5.98. The van der Waals surface area contributed by atoms with Crippen LogP contribution < -0.4 is 25.6 Å². The van der Waals surface area contributed by atoms with Crippen molar-refractivity contribution in [2.75, 3.05) is 104 Å². The van der Waals surface area contributed by atoms with Crippen LogP contribution in [0.5, 0.6) is 5.88 Å². The molecule has 1 aromatic heterocycles. The molecule has 1 aliphatic heterocycles. The normalized spacial score (nSPS) is 17.3. The lowest BCUT2D eigenvalue weighted by Crippen LogP contribution is -2.58. The van der Waals surface area contributed by atoms with Gasteiger partial charge in [-0.05, 0) is 64.0 Å². The third-order valence-electron chi connectivity index (χ3n) is 8.89. The summed E-state index contributed by atoms with van der Waals surface area (Å²) >= 11 is 0. The number of amides is 3. The van der Waals surface area contributed by atoms with E-state index in [2.05, 4.69) is 25.8 Å². The van der Waals surface area contributed by atoms with Gasteiger partial charge in [0, 0.05) is 39.9 Å². The van der Waals surface area contributed by atoms with Crippen molar-refractivity contribution < 1.29 is 52.6 Å². The summed E-state index contributed by atoms with van der Waals surface area (Å²) in [4.78, 5) is 45.0. The lowest BCUT2D eigenvalue weighted by Gasteiger charge is -2.40. The van der Waals surface area contributed by atoms with E-state index in [4.69, 9.17) is 33.2 Å². The fraction of sp³-hybridized carbons (Fsp3) is 0.778. The first kappa shape index (κ1) is 43.1. The van der Waals surface area contributed by atoms with Crippen LogP contribution in [0.15, 0.2) is 12.1 Å². The Labute approximate surface area is 307 Å². The minimum atomic E-state index is -1.13. The Balaban J connectivity index is 1.30. The number of methoxy groups -OCH3 is 1. The maximum absolute atomic E-state index is 13.5. The van der Waals surface area contributed by atoms with Crippen LogP contribution in [0.2, 0.25) is 0 Å². The Morgan fingerprint density at radius 1 is 0.865 bits per heavy atom. The van der Waals surface area contributed by atoms with Gasteiger partial charge in [-0.15, -0.1) is 0 Å². The summed E-state index contributed by atoms with van der Waals surface area (Å²) in [7, 11) is 1.68. The van der Waals surface area contributed by atoms with E-state index in [9.17, 15) is 19.5 Å². The summed E-state index contributed by atoms with van der Waals surface area (Å²) in [5.41, 5.74) is -0.729. The predicted octanol–water partition coefficient (Wildman–Crippen LogP) is 1.92. The molecule has 2 heterocycles. The van der Waals surface area contributed by atoms with E-state index >= 15 is 0 Å². The second kappa shape index (κ2) is 22.1. The first-order valence-corrected chi connectivity index (χ1v) is 18.4. The molecule has 0 radical (unpaired) electrons. The number of nitrogens with one attached hydrogen (secondary N) is 3. The van der Waals surface area contributed by atoms with E-state index in [0.717, 1.165) is 12.1 Å². The van der Waals surface area contributed by atoms with Gasteiger partial charge in [0.25, 0.3) is 5.91 Å². The van der Waals surface area contributed by atoms with Crippen LogP contribution in [0.3, 0.4) is 0 Å². The summed E-state index contributed by atoms with van der Waals surface area (Å²) in [5.74, 6) is 0.0935. The first-order chi connectivity index (χ1) is 24.9. The van der Waals surface area contributed by atoms with Gasteiger partial charge in [-0.1, -0.05) is 13.8 Å². The minimum Gasteiger partial charge on any atom is -0.476 e. The zero-order valence-corrected chi connectivity index (χ0v) is 31.8. The number of carbonyl (C=O) groups excluding carboxylic acids is 3. The van der Waals surface area contributed by atoms with Crippen molar-refractivity contribution in [1.82, 2.24) is 20.9 Å². The predicted molar refractivity (Wildman–Crippen MR) is 193 cm³/mol. The van der Waals surface area contributed by atoms with Crippen molar-refractivity contribution in [3.05, 3.63) is 17.8 Å². The molecular weight excluding hydrogens is 678 g/mol. The summed E-state index contributed by atoms with van der Waals surface area (Å²) in [5, 5.41) is 17.9. The number of aromatic nitrogens is 1. The summed E-state index contributed by atoms with van der Waals surface area (Å²) in [6.45, 7) is 14.7. The molecule has 2 aliphatic rings. The Bertz CT molecular complexity index is 1240. The lowest BCUT2D eigenvalue weighted by atomic mass is 9.91. The molecule has 1 saturated heterocycles. The summed E-state index contributed by atoms with van der Waals surface area (Å²) in [6, 6.07) is 3.47. The highest BCUT2D eigenvalue weighted by Crippen LogP contribution is 2.39. The summed E-state index contributed by atoms with van der Waals surface area (Å²) < 4.78 is 38.6. The van der Waals surface area contributed by atoms with Crippen molar-refractivity contribution in [1.29, 1.82) is 0 Å². The van der Waals surface area contributed by atoms with Crippen LogP contribution in [-0.4, -0.2) is 145 Å². The van der Waals surface area contributed by atoms with E-state index in [0.29, 0.717) is 91.2 Å². The smallest absolute Gasteiger partial charge is 0.407 e. The van der Waals surface area contributed by atoms with Gasteiger partial charge >= 0.3 is 6.09 Å². The number of aliphatic hydroxyl groups is 1. The second-order valence-corrected chi connectivity index (χ2v) is 13.9.